The number of likely N-dealkylation sites (N-methyl/N-ethyl adjacent to an activating group) is 1. The van der Waals surface area contributed by atoms with E-state index >= 15 is 0 Å². The molecule has 0 spiro atoms. The van der Waals surface area contributed by atoms with Gasteiger partial charge >= 0.3 is 5.97 Å². The van der Waals surface area contributed by atoms with Crippen molar-refractivity contribution in [2.75, 3.05) is 14.2 Å². The van der Waals surface area contributed by atoms with Crippen LogP contribution in [0.25, 0.3) is 6.08 Å². The molecule has 15 heavy (non-hydrogen) atoms. The predicted octanol–water partition coefficient (Wildman–Crippen LogP) is 2.12. The SMILES string of the molecule is COC(=O)C1=Cc2sccc2S[N+]1(C)O. The van der Waals surface area contributed by atoms with E-state index in [0.717, 1.165) is 9.77 Å². The zero-order valence-electron chi connectivity index (χ0n) is 8.26. The molecule has 0 aromatic carbocycles. The van der Waals surface area contributed by atoms with Crippen LogP contribution in [0.5, 0.6) is 0 Å². The molecule has 0 bridgehead atoms. The van der Waals surface area contributed by atoms with Gasteiger partial charge in [-0.25, -0.2) is 4.79 Å². The van der Waals surface area contributed by atoms with Gasteiger partial charge in [0.2, 0.25) is 0 Å². The number of carbonyl (C=O) groups is 1. The van der Waals surface area contributed by atoms with E-state index in [2.05, 4.69) is 4.74 Å². The molecule has 0 fully saturated rings. The van der Waals surface area contributed by atoms with Crippen LogP contribution in [0.2, 0.25) is 0 Å². The third kappa shape index (κ3) is 1.81. The van der Waals surface area contributed by atoms with Gasteiger partial charge in [-0.15, -0.1) is 11.3 Å². The first-order valence-corrected chi connectivity index (χ1v) is 5.87. The molecular formula is C9H10NO3S2+. The highest BCUT2D eigenvalue weighted by atomic mass is 32.2. The molecule has 2 rings (SSSR count). The first kappa shape index (κ1) is 10.7. The van der Waals surface area contributed by atoms with Crippen LogP contribution in [-0.2, 0) is 9.53 Å². The Balaban J connectivity index is 2.48. The van der Waals surface area contributed by atoms with Crippen molar-refractivity contribution in [3.8, 4) is 0 Å². The van der Waals surface area contributed by atoms with Gasteiger partial charge in [0.1, 0.15) is 7.05 Å². The lowest BCUT2D eigenvalue weighted by molar-refractivity contribution is -0.940. The molecule has 1 aromatic heterocycles. The lowest BCUT2D eigenvalue weighted by Crippen LogP contribution is -2.37. The molecule has 0 radical (unpaired) electrons. The molecule has 0 aliphatic carbocycles. The summed E-state index contributed by atoms with van der Waals surface area (Å²) in [6, 6.07) is 1.92. The van der Waals surface area contributed by atoms with Gasteiger partial charge in [0.25, 0.3) is 5.70 Å². The van der Waals surface area contributed by atoms with E-state index in [9.17, 15) is 10.0 Å². The number of fused-ring (bicyclic) bond motifs is 1. The van der Waals surface area contributed by atoms with Crippen molar-refractivity contribution in [3.63, 3.8) is 0 Å². The molecule has 1 atom stereocenters. The fourth-order valence-electron chi connectivity index (χ4n) is 1.31. The molecule has 80 valence electrons. The monoisotopic (exact) mass is 244 g/mol. The van der Waals surface area contributed by atoms with Crippen LogP contribution >= 0.6 is 23.3 Å². The highest BCUT2D eigenvalue weighted by molar-refractivity contribution is 7.94. The Morgan fingerprint density at radius 2 is 2.33 bits per heavy atom. The normalized spacial score (nSPS) is 24.3. The van der Waals surface area contributed by atoms with Gasteiger partial charge in [0, 0.05) is 6.08 Å². The van der Waals surface area contributed by atoms with E-state index < -0.39 is 10.0 Å². The van der Waals surface area contributed by atoms with Gasteiger partial charge in [-0.3, -0.25) is 0 Å². The summed E-state index contributed by atoms with van der Waals surface area (Å²) < 4.78 is 4.09. The molecule has 1 aliphatic heterocycles. The molecule has 0 saturated heterocycles. The highest BCUT2D eigenvalue weighted by Crippen LogP contribution is 2.42. The number of rotatable bonds is 1. The van der Waals surface area contributed by atoms with Crippen molar-refractivity contribution in [2.24, 2.45) is 0 Å². The van der Waals surface area contributed by atoms with Crippen LogP contribution in [0.3, 0.4) is 0 Å². The van der Waals surface area contributed by atoms with Gasteiger partial charge in [-0.05, 0) is 11.4 Å². The van der Waals surface area contributed by atoms with Crippen LogP contribution in [0.4, 0.5) is 0 Å². The predicted molar refractivity (Wildman–Crippen MR) is 58.1 cm³/mol. The molecule has 1 N–H and O–H groups in total. The maximum atomic E-state index is 11.4. The molecule has 4 nitrogen and oxygen atoms in total. The Labute approximate surface area is 95.5 Å². The standard InChI is InChI=1S/C9H10NO3S2/c1-10(12)6(9(11)13-2)5-8-7(15-10)3-4-14-8/h3-5,12H,1-2H3/q+1. The molecule has 1 unspecified atom stereocenters. The summed E-state index contributed by atoms with van der Waals surface area (Å²) in [5, 5.41) is 12.0. The minimum atomic E-state index is -0.531. The number of carbonyl (C=O) groups excluding carboxylic acids is 1. The lowest BCUT2D eigenvalue weighted by Gasteiger charge is -2.25. The summed E-state index contributed by atoms with van der Waals surface area (Å²) in [5.74, 6) is -0.508. The number of ether oxygens (including phenoxy) is 1. The summed E-state index contributed by atoms with van der Waals surface area (Å²) in [7, 11) is 2.84. The number of esters is 1. The number of hydrogen-bond donors (Lipinski definition) is 1. The minimum absolute atomic E-state index is 0.234. The van der Waals surface area contributed by atoms with Crippen molar-refractivity contribution in [1.82, 2.24) is 0 Å². The van der Waals surface area contributed by atoms with E-state index in [1.807, 2.05) is 11.4 Å². The van der Waals surface area contributed by atoms with Crippen molar-refractivity contribution in [3.05, 3.63) is 22.0 Å². The Morgan fingerprint density at radius 1 is 1.60 bits per heavy atom. The fourth-order valence-corrected chi connectivity index (χ4v) is 3.25. The molecule has 1 aliphatic rings. The van der Waals surface area contributed by atoms with Crippen LogP contribution in [-0.4, -0.2) is 29.4 Å². The minimum Gasteiger partial charge on any atom is -0.461 e. The number of thiophene rings is 1. The maximum absolute atomic E-state index is 11.4. The third-order valence-corrected chi connectivity index (χ3v) is 4.14. The van der Waals surface area contributed by atoms with Crippen LogP contribution < -0.4 is 0 Å². The number of nitrogens with zero attached hydrogens (tertiary/aromatic N) is 1. The summed E-state index contributed by atoms with van der Waals surface area (Å²) in [6.45, 7) is 0. The Bertz CT molecular complexity index is 436. The first-order valence-electron chi connectivity index (χ1n) is 4.21. The lowest BCUT2D eigenvalue weighted by atomic mass is 10.3. The molecule has 6 heteroatoms. The molecular weight excluding hydrogens is 234 g/mol. The topological polar surface area (TPSA) is 46.5 Å². The van der Waals surface area contributed by atoms with Crippen molar-refractivity contribution in [1.29, 1.82) is 0 Å². The van der Waals surface area contributed by atoms with E-state index in [1.165, 1.54) is 37.4 Å². The molecule has 2 heterocycles. The van der Waals surface area contributed by atoms with Gasteiger partial charge in [0.15, 0.2) is 11.9 Å². The van der Waals surface area contributed by atoms with Gasteiger partial charge in [-0.2, -0.15) is 5.21 Å². The third-order valence-electron chi connectivity index (χ3n) is 2.04. The Kier molecular flexibility index (Phi) is 2.59. The second kappa shape index (κ2) is 3.64. The second-order valence-corrected chi connectivity index (χ2v) is 5.42. The highest BCUT2D eigenvalue weighted by Gasteiger charge is 2.40. The first-order chi connectivity index (χ1) is 7.04. The molecule has 0 amide bonds. The number of hydrogen-bond acceptors (Lipinski definition) is 5. The number of hydroxylamine groups is 2. The van der Waals surface area contributed by atoms with E-state index in [-0.39, 0.29) is 5.70 Å². The van der Waals surface area contributed by atoms with Crippen LogP contribution in [0.15, 0.2) is 22.0 Å². The average Bonchev–Trinajstić information content (AvgIpc) is 2.60. The van der Waals surface area contributed by atoms with Crippen LogP contribution in [0.1, 0.15) is 4.88 Å². The summed E-state index contributed by atoms with van der Waals surface area (Å²) >= 11 is 2.74. The zero-order chi connectivity index (χ0) is 11.1. The van der Waals surface area contributed by atoms with Crippen molar-refractivity contribution >= 4 is 35.3 Å². The smallest absolute Gasteiger partial charge is 0.396 e. The van der Waals surface area contributed by atoms with E-state index in [1.54, 1.807) is 6.08 Å². The van der Waals surface area contributed by atoms with Crippen LogP contribution in [0, 0.1) is 0 Å². The summed E-state index contributed by atoms with van der Waals surface area (Å²) in [6.07, 6.45) is 1.67. The Hall–Kier alpha value is -0.820. The van der Waals surface area contributed by atoms with Crippen molar-refractivity contribution < 1.29 is 18.8 Å². The quantitative estimate of drug-likeness (QED) is 0.467. The summed E-state index contributed by atoms with van der Waals surface area (Å²) in [4.78, 5) is 13.4. The Morgan fingerprint density at radius 3 is 3.00 bits per heavy atom. The van der Waals surface area contributed by atoms with Gasteiger partial charge < -0.3 is 4.74 Å². The zero-order valence-corrected chi connectivity index (χ0v) is 9.89. The number of quaternary nitrogens is 1. The van der Waals surface area contributed by atoms with E-state index in [0.29, 0.717) is 0 Å². The molecule has 1 aromatic rings. The van der Waals surface area contributed by atoms with Gasteiger partial charge in [0.05, 0.1) is 16.9 Å². The number of methoxy groups -OCH3 is 1. The van der Waals surface area contributed by atoms with Crippen molar-refractivity contribution in [2.45, 2.75) is 4.90 Å². The largest absolute Gasteiger partial charge is 0.461 e. The average molecular weight is 244 g/mol. The fraction of sp³-hybridized carbons (Fsp3) is 0.222. The van der Waals surface area contributed by atoms with E-state index in [4.69, 9.17) is 0 Å². The second-order valence-electron chi connectivity index (χ2n) is 3.14. The molecule has 0 saturated carbocycles. The van der Waals surface area contributed by atoms with Gasteiger partial charge in [-0.1, -0.05) is 4.05 Å². The summed E-state index contributed by atoms with van der Waals surface area (Å²) in [5.41, 5.74) is 0.234. The maximum Gasteiger partial charge on any atom is 0.396 e.